The second-order valence-corrected chi connectivity index (χ2v) is 6.99. The average molecular weight is 386 g/mol. The molecule has 3 aromatic carbocycles. The first-order chi connectivity index (χ1) is 14.2. The van der Waals surface area contributed by atoms with Crippen molar-refractivity contribution >= 4 is 11.8 Å². The van der Waals surface area contributed by atoms with Gasteiger partial charge in [0.05, 0.1) is 0 Å². The fraction of sp³-hybridized carbons (Fsp3) is 0.167. The number of hydrazine groups is 1. The first-order valence-corrected chi connectivity index (χ1v) is 9.69. The molecule has 1 aliphatic carbocycles. The molecule has 0 bridgehead atoms. The fourth-order valence-corrected chi connectivity index (χ4v) is 3.54. The topological polar surface area (TPSA) is 67.4 Å². The summed E-state index contributed by atoms with van der Waals surface area (Å²) in [7, 11) is 0. The van der Waals surface area contributed by atoms with E-state index in [0.29, 0.717) is 11.3 Å². The number of hydrogen-bond acceptors (Lipinski definition) is 3. The lowest BCUT2D eigenvalue weighted by molar-refractivity contribution is -0.123. The predicted molar refractivity (Wildman–Crippen MR) is 111 cm³/mol. The van der Waals surface area contributed by atoms with E-state index >= 15 is 0 Å². The van der Waals surface area contributed by atoms with E-state index in [0.717, 1.165) is 30.4 Å². The molecule has 0 saturated carbocycles. The molecule has 4 rings (SSSR count). The van der Waals surface area contributed by atoms with Gasteiger partial charge in [-0.25, -0.2) is 0 Å². The number of aryl methyl sites for hydroxylation is 2. The van der Waals surface area contributed by atoms with Crippen LogP contribution in [0.5, 0.6) is 5.75 Å². The molecule has 1 aliphatic rings. The van der Waals surface area contributed by atoms with Crippen LogP contribution in [0.2, 0.25) is 0 Å². The first kappa shape index (κ1) is 18.7. The van der Waals surface area contributed by atoms with Gasteiger partial charge >= 0.3 is 0 Å². The fourth-order valence-electron chi connectivity index (χ4n) is 3.54. The standard InChI is InChI=1S/C24H22N2O3/c27-23(25-26-24(28)20-14-13-17-9-6-10-19(17)15-20)16-29-22-12-5-4-11-21(22)18-7-2-1-3-8-18/h1-5,7-8,11-15H,6,9-10,16H2,(H,25,27)(H,26,28). The van der Waals surface area contributed by atoms with Crippen molar-refractivity contribution in [2.24, 2.45) is 0 Å². The van der Waals surface area contributed by atoms with E-state index in [-0.39, 0.29) is 12.5 Å². The molecule has 0 heterocycles. The Kier molecular flexibility index (Phi) is 5.56. The van der Waals surface area contributed by atoms with Crippen molar-refractivity contribution < 1.29 is 14.3 Å². The molecule has 3 aromatic rings. The van der Waals surface area contributed by atoms with Gasteiger partial charge < -0.3 is 4.74 Å². The molecule has 29 heavy (non-hydrogen) atoms. The number of ether oxygens (including phenoxy) is 1. The lowest BCUT2D eigenvalue weighted by Gasteiger charge is -2.12. The van der Waals surface area contributed by atoms with Crippen molar-refractivity contribution in [3.8, 4) is 16.9 Å². The maximum atomic E-state index is 12.3. The highest BCUT2D eigenvalue weighted by Gasteiger charge is 2.14. The third-order valence-corrected chi connectivity index (χ3v) is 5.01. The van der Waals surface area contributed by atoms with Crippen LogP contribution in [0.25, 0.3) is 11.1 Å². The highest BCUT2D eigenvalue weighted by molar-refractivity contribution is 5.95. The number of rotatable bonds is 5. The Morgan fingerprint density at radius 1 is 0.828 bits per heavy atom. The Morgan fingerprint density at radius 3 is 2.45 bits per heavy atom. The monoisotopic (exact) mass is 386 g/mol. The highest BCUT2D eigenvalue weighted by Crippen LogP contribution is 2.29. The van der Waals surface area contributed by atoms with Gasteiger partial charge in [0.15, 0.2) is 6.61 Å². The lowest BCUT2D eigenvalue weighted by atomic mass is 10.1. The number of nitrogens with one attached hydrogen (secondary N) is 2. The zero-order valence-electron chi connectivity index (χ0n) is 16.0. The summed E-state index contributed by atoms with van der Waals surface area (Å²) in [4.78, 5) is 24.4. The summed E-state index contributed by atoms with van der Waals surface area (Å²) in [6, 6.07) is 23.0. The van der Waals surface area contributed by atoms with E-state index in [9.17, 15) is 9.59 Å². The van der Waals surface area contributed by atoms with Gasteiger partial charge in [-0.2, -0.15) is 0 Å². The van der Waals surface area contributed by atoms with Crippen LogP contribution in [0, 0.1) is 0 Å². The summed E-state index contributed by atoms with van der Waals surface area (Å²) < 4.78 is 5.69. The van der Waals surface area contributed by atoms with Crippen LogP contribution in [0.15, 0.2) is 72.8 Å². The minimum Gasteiger partial charge on any atom is -0.483 e. The van der Waals surface area contributed by atoms with Crippen LogP contribution in [0.3, 0.4) is 0 Å². The Balaban J connectivity index is 1.32. The minimum absolute atomic E-state index is 0.200. The van der Waals surface area contributed by atoms with E-state index in [1.165, 1.54) is 11.1 Å². The Hall–Kier alpha value is -3.60. The number of carbonyl (C=O) groups is 2. The molecule has 2 amide bonds. The van der Waals surface area contributed by atoms with Gasteiger partial charge in [-0.3, -0.25) is 20.4 Å². The van der Waals surface area contributed by atoms with Crippen LogP contribution in [-0.4, -0.2) is 18.4 Å². The van der Waals surface area contributed by atoms with E-state index in [1.54, 1.807) is 6.07 Å². The van der Waals surface area contributed by atoms with Crippen molar-refractivity contribution in [1.29, 1.82) is 0 Å². The molecule has 0 unspecified atom stereocenters. The van der Waals surface area contributed by atoms with Gasteiger partial charge in [-0.15, -0.1) is 0 Å². The summed E-state index contributed by atoms with van der Waals surface area (Å²) in [6.45, 7) is -0.200. The van der Waals surface area contributed by atoms with Crippen molar-refractivity contribution in [3.63, 3.8) is 0 Å². The smallest absolute Gasteiger partial charge is 0.276 e. The summed E-state index contributed by atoms with van der Waals surface area (Å²) in [5, 5.41) is 0. The molecule has 146 valence electrons. The Labute approximate surface area is 169 Å². The van der Waals surface area contributed by atoms with Crippen LogP contribution >= 0.6 is 0 Å². The highest BCUT2D eigenvalue weighted by atomic mass is 16.5. The third-order valence-electron chi connectivity index (χ3n) is 5.01. The van der Waals surface area contributed by atoms with Crippen molar-refractivity contribution in [1.82, 2.24) is 10.9 Å². The largest absolute Gasteiger partial charge is 0.483 e. The van der Waals surface area contributed by atoms with Crippen LogP contribution in [0.1, 0.15) is 27.9 Å². The van der Waals surface area contributed by atoms with Gasteiger partial charge in [0, 0.05) is 11.1 Å². The molecule has 5 nitrogen and oxygen atoms in total. The van der Waals surface area contributed by atoms with E-state index in [2.05, 4.69) is 10.9 Å². The molecular weight excluding hydrogens is 364 g/mol. The molecule has 0 aliphatic heterocycles. The van der Waals surface area contributed by atoms with Crippen molar-refractivity contribution in [2.45, 2.75) is 19.3 Å². The number of fused-ring (bicyclic) bond motifs is 1. The SMILES string of the molecule is O=C(COc1ccccc1-c1ccccc1)NNC(=O)c1ccc2c(c1)CCC2. The molecule has 5 heteroatoms. The second-order valence-electron chi connectivity index (χ2n) is 6.99. The average Bonchev–Trinajstić information content (AvgIpc) is 3.25. The molecular formula is C24H22N2O3. The normalized spacial score (nSPS) is 12.1. The van der Waals surface area contributed by atoms with Gasteiger partial charge in [-0.05, 0) is 54.2 Å². The summed E-state index contributed by atoms with van der Waals surface area (Å²) >= 11 is 0. The number of para-hydroxylation sites is 1. The Bertz CT molecular complexity index is 1030. The molecule has 0 fully saturated rings. The first-order valence-electron chi connectivity index (χ1n) is 9.69. The number of amides is 2. The van der Waals surface area contributed by atoms with Crippen LogP contribution < -0.4 is 15.6 Å². The number of hydrogen-bond donors (Lipinski definition) is 2. The van der Waals surface area contributed by atoms with Crippen LogP contribution in [0.4, 0.5) is 0 Å². The van der Waals surface area contributed by atoms with Gasteiger partial charge in [0.25, 0.3) is 11.8 Å². The van der Waals surface area contributed by atoms with Gasteiger partial charge in [0.1, 0.15) is 5.75 Å². The number of benzene rings is 3. The van der Waals surface area contributed by atoms with E-state index in [4.69, 9.17) is 4.74 Å². The van der Waals surface area contributed by atoms with E-state index in [1.807, 2.05) is 66.7 Å². The van der Waals surface area contributed by atoms with Crippen molar-refractivity contribution in [3.05, 3.63) is 89.5 Å². The zero-order valence-corrected chi connectivity index (χ0v) is 16.0. The molecule has 2 N–H and O–H groups in total. The minimum atomic E-state index is -0.428. The summed E-state index contributed by atoms with van der Waals surface area (Å²) in [6.07, 6.45) is 3.19. The maximum Gasteiger partial charge on any atom is 0.276 e. The van der Waals surface area contributed by atoms with Crippen LogP contribution in [-0.2, 0) is 17.6 Å². The van der Waals surface area contributed by atoms with E-state index < -0.39 is 5.91 Å². The maximum absolute atomic E-state index is 12.3. The predicted octanol–water partition coefficient (Wildman–Crippen LogP) is 3.68. The summed E-state index contributed by atoms with van der Waals surface area (Å²) in [5.41, 5.74) is 9.84. The third kappa shape index (κ3) is 4.46. The van der Waals surface area contributed by atoms with Crippen molar-refractivity contribution in [2.75, 3.05) is 6.61 Å². The molecule has 0 aromatic heterocycles. The molecule has 0 atom stereocenters. The zero-order chi connectivity index (χ0) is 20.1. The second kappa shape index (κ2) is 8.61. The quantitative estimate of drug-likeness (QED) is 0.658. The lowest BCUT2D eigenvalue weighted by Crippen LogP contribution is -2.43. The molecule has 0 radical (unpaired) electrons. The van der Waals surface area contributed by atoms with Gasteiger partial charge in [-0.1, -0.05) is 54.6 Å². The molecule has 0 spiro atoms. The number of carbonyl (C=O) groups excluding carboxylic acids is 2. The van der Waals surface area contributed by atoms with Gasteiger partial charge in [0.2, 0.25) is 0 Å². The summed E-state index contributed by atoms with van der Waals surface area (Å²) in [5.74, 6) is -0.154. The molecule has 0 saturated heterocycles. The Morgan fingerprint density at radius 2 is 1.59 bits per heavy atom.